The van der Waals surface area contributed by atoms with E-state index in [0.29, 0.717) is 22.9 Å². The van der Waals surface area contributed by atoms with E-state index in [2.05, 4.69) is 37.2 Å². The summed E-state index contributed by atoms with van der Waals surface area (Å²) in [5, 5.41) is 2.54. The number of urea groups is 1. The number of carbonyl (C=O) groups excluding carboxylic acids is 3. The Morgan fingerprint density at radius 2 is 1.49 bits per heavy atom. The number of nitrogens with zero attached hydrogens (tertiary/aromatic N) is 1. The quantitative estimate of drug-likeness (QED) is 0.119. The van der Waals surface area contributed by atoms with Gasteiger partial charge in [0, 0.05) is 5.02 Å². The fourth-order valence-corrected chi connectivity index (χ4v) is 6.68. The highest BCUT2D eigenvalue weighted by Crippen LogP contribution is 2.37. The van der Waals surface area contributed by atoms with Crippen LogP contribution >= 0.6 is 43.5 Å². The van der Waals surface area contributed by atoms with Crippen LogP contribution in [-0.2, 0) is 26.3 Å². The molecule has 1 fully saturated rings. The summed E-state index contributed by atoms with van der Waals surface area (Å²) in [5.74, 6) is -1.25. The summed E-state index contributed by atoms with van der Waals surface area (Å²) in [5.41, 5.74) is 1.23. The molecule has 0 radical (unpaired) electrons. The molecule has 4 amide bonds. The number of hydrogen-bond donors (Lipinski definition) is 1. The average Bonchev–Trinajstić information content (AvgIpc) is 2.97. The molecule has 13 heteroatoms. The van der Waals surface area contributed by atoms with Crippen LogP contribution in [0.4, 0.5) is 10.5 Å². The number of barbiturate groups is 1. The maximum atomic E-state index is 13.4. The summed E-state index contributed by atoms with van der Waals surface area (Å²) in [6.45, 7) is 0.340. The molecule has 0 saturated carbocycles. The number of anilines is 1. The molecule has 0 bridgehead atoms. The zero-order chi connectivity index (χ0) is 30.7. The van der Waals surface area contributed by atoms with Gasteiger partial charge in [0.2, 0.25) is 0 Å². The Morgan fingerprint density at radius 1 is 0.860 bits per heavy atom. The molecule has 0 atom stereocenters. The van der Waals surface area contributed by atoms with Crippen LogP contribution in [0.25, 0.3) is 6.08 Å². The van der Waals surface area contributed by atoms with Crippen molar-refractivity contribution in [3.8, 4) is 11.5 Å². The molecule has 4 aromatic carbocycles. The second kappa shape index (κ2) is 12.7. The highest BCUT2D eigenvalue weighted by molar-refractivity contribution is 9.11. The molecule has 1 saturated heterocycles. The topological polar surface area (TPSA) is 119 Å². The van der Waals surface area contributed by atoms with E-state index in [4.69, 9.17) is 20.5 Å². The van der Waals surface area contributed by atoms with E-state index in [0.717, 1.165) is 10.5 Å². The van der Waals surface area contributed by atoms with Crippen LogP contribution in [0.15, 0.2) is 110 Å². The number of ether oxygens (including phenoxy) is 1. The highest BCUT2D eigenvalue weighted by atomic mass is 79.9. The number of imide groups is 2. The zero-order valence-electron chi connectivity index (χ0n) is 21.8. The third-order valence-corrected chi connectivity index (χ3v) is 8.74. The molecule has 0 unspecified atom stereocenters. The predicted octanol–water partition coefficient (Wildman–Crippen LogP) is 6.88. The summed E-state index contributed by atoms with van der Waals surface area (Å²) in [4.78, 5) is 39.4. The third-order valence-electron chi connectivity index (χ3n) is 6.07. The lowest BCUT2D eigenvalue weighted by molar-refractivity contribution is -0.122. The second-order valence-electron chi connectivity index (χ2n) is 9.03. The standard InChI is InChI=1S/C30H19Br2ClN2O7S/c31-25-15-19(16-26(32)27(25)42-43(39,40)23-12-6-20(33)7-13-23)14-24-28(36)34-30(38)35(29(24)37)21-8-10-22(11-9-21)41-17-18-4-2-1-3-5-18/h1-16H,17H2,(H,34,36,38)/b24-14+. The van der Waals surface area contributed by atoms with E-state index >= 15 is 0 Å². The SMILES string of the molecule is O=C1NC(=O)N(c2ccc(OCc3ccccc3)cc2)C(=O)/C1=C/c1cc(Br)c(OS(=O)(=O)c2ccc(Cl)cc2)c(Br)c1. The van der Waals surface area contributed by atoms with E-state index in [1.165, 1.54) is 54.6 Å². The first-order chi connectivity index (χ1) is 20.5. The van der Waals surface area contributed by atoms with Crippen molar-refractivity contribution in [2.24, 2.45) is 0 Å². The Hall–Kier alpha value is -3.97. The number of benzene rings is 4. The molecular formula is C30H19Br2ClN2O7S. The molecule has 9 nitrogen and oxygen atoms in total. The van der Waals surface area contributed by atoms with Crippen LogP contribution in [0.1, 0.15) is 11.1 Å². The van der Waals surface area contributed by atoms with Crippen molar-refractivity contribution in [1.82, 2.24) is 5.32 Å². The van der Waals surface area contributed by atoms with Crippen molar-refractivity contribution < 1.29 is 31.7 Å². The van der Waals surface area contributed by atoms with Crippen LogP contribution in [0.2, 0.25) is 5.02 Å². The smallest absolute Gasteiger partial charge is 0.339 e. The Morgan fingerprint density at radius 3 is 2.12 bits per heavy atom. The molecule has 218 valence electrons. The van der Waals surface area contributed by atoms with Gasteiger partial charge < -0.3 is 8.92 Å². The number of carbonyl (C=O) groups is 3. The van der Waals surface area contributed by atoms with Crippen molar-refractivity contribution >= 4 is 83.2 Å². The van der Waals surface area contributed by atoms with Crippen LogP contribution < -0.4 is 19.1 Å². The molecule has 1 aliphatic rings. The largest absolute Gasteiger partial charge is 0.489 e. The molecule has 1 heterocycles. The molecule has 1 N–H and O–H groups in total. The molecule has 0 aromatic heterocycles. The minimum absolute atomic E-state index is 0.0529. The number of halogens is 3. The van der Waals surface area contributed by atoms with Gasteiger partial charge in [-0.3, -0.25) is 14.9 Å². The third kappa shape index (κ3) is 6.99. The fraction of sp³-hybridized carbons (Fsp3) is 0.0333. The van der Waals surface area contributed by atoms with Crippen molar-refractivity contribution in [2.75, 3.05) is 4.90 Å². The Kier molecular flexibility index (Phi) is 9.02. The lowest BCUT2D eigenvalue weighted by Crippen LogP contribution is -2.54. The van der Waals surface area contributed by atoms with Gasteiger partial charge >= 0.3 is 16.1 Å². The van der Waals surface area contributed by atoms with Gasteiger partial charge in [0.1, 0.15) is 22.8 Å². The van der Waals surface area contributed by atoms with E-state index < -0.39 is 28.0 Å². The highest BCUT2D eigenvalue weighted by Gasteiger charge is 2.37. The van der Waals surface area contributed by atoms with Crippen molar-refractivity contribution in [1.29, 1.82) is 0 Å². The number of nitrogens with one attached hydrogen (secondary N) is 1. The first kappa shape index (κ1) is 30.5. The maximum absolute atomic E-state index is 13.4. The molecule has 0 aliphatic carbocycles. The van der Waals surface area contributed by atoms with E-state index in [1.54, 1.807) is 12.1 Å². The number of hydrogen-bond acceptors (Lipinski definition) is 7. The van der Waals surface area contributed by atoms with Crippen LogP contribution in [0, 0.1) is 0 Å². The lowest BCUT2D eigenvalue weighted by atomic mass is 10.1. The molecule has 0 spiro atoms. The van der Waals surface area contributed by atoms with Gasteiger partial charge in [0.05, 0.1) is 14.6 Å². The molecule has 4 aromatic rings. The maximum Gasteiger partial charge on any atom is 0.339 e. The molecular weight excluding hydrogens is 728 g/mol. The number of rotatable bonds is 8. The van der Waals surface area contributed by atoms with Crippen LogP contribution in [0.3, 0.4) is 0 Å². The minimum atomic E-state index is -4.20. The number of amides is 4. The molecule has 1 aliphatic heterocycles. The van der Waals surface area contributed by atoms with Crippen LogP contribution in [0.5, 0.6) is 11.5 Å². The van der Waals surface area contributed by atoms with Gasteiger partial charge in [0.25, 0.3) is 11.8 Å². The Balaban J connectivity index is 1.36. The van der Waals surface area contributed by atoms with E-state index in [1.807, 2.05) is 30.3 Å². The summed E-state index contributed by atoms with van der Waals surface area (Å²) in [7, 11) is -4.20. The van der Waals surface area contributed by atoms with Crippen LogP contribution in [-0.4, -0.2) is 26.3 Å². The van der Waals surface area contributed by atoms with Crippen molar-refractivity contribution in [2.45, 2.75) is 11.5 Å². The summed E-state index contributed by atoms with van der Waals surface area (Å²) >= 11 is 12.4. The average molecular weight is 747 g/mol. The fourth-order valence-electron chi connectivity index (χ4n) is 3.99. The molecule has 5 rings (SSSR count). The van der Waals surface area contributed by atoms with E-state index in [9.17, 15) is 22.8 Å². The van der Waals surface area contributed by atoms with Gasteiger partial charge in [0.15, 0.2) is 5.75 Å². The molecule has 43 heavy (non-hydrogen) atoms. The minimum Gasteiger partial charge on any atom is -0.489 e. The Labute approximate surface area is 268 Å². The van der Waals surface area contributed by atoms with Gasteiger partial charge in [-0.2, -0.15) is 8.42 Å². The van der Waals surface area contributed by atoms with Gasteiger partial charge in [-0.1, -0.05) is 41.9 Å². The normalized spacial score (nSPS) is 14.5. The second-order valence-corrected chi connectivity index (χ2v) is 12.7. The van der Waals surface area contributed by atoms with Crippen molar-refractivity contribution in [3.63, 3.8) is 0 Å². The van der Waals surface area contributed by atoms with E-state index in [-0.39, 0.29) is 30.9 Å². The van der Waals surface area contributed by atoms with Gasteiger partial charge in [-0.15, -0.1) is 0 Å². The lowest BCUT2D eigenvalue weighted by Gasteiger charge is -2.26. The first-order valence-electron chi connectivity index (χ1n) is 12.4. The summed E-state index contributed by atoms with van der Waals surface area (Å²) < 4.78 is 37.1. The Bertz CT molecular complexity index is 1840. The summed E-state index contributed by atoms with van der Waals surface area (Å²) in [6.07, 6.45) is 1.28. The van der Waals surface area contributed by atoms with Crippen molar-refractivity contribution in [3.05, 3.63) is 122 Å². The summed E-state index contributed by atoms with van der Waals surface area (Å²) in [6, 6.07) is 23.4. The zero-order valence-corrected chi connectivity index (χ0v) is 26.5. The first-order valence-corrected chi connectivity index (χ1v) is 15.8. The van der Waals surface area contributed by atoms with Gasteiger partial charge in [-0.25, -0.2) is 9.69 Å². The van der Waals surface area contributed by atoms with Gasteiger partial charge in [-0.05, 0) is 110 Å². The monoisotopic (exact) mass is 744 g/mol. The predicted molar refractivity (Wildman–Crippen MR) is 167 cm³/mol.